The second-order valence-electron chi connectivity index (χ2n) is 4.74. The summed E-state index contributed by atoms with van der Waals surface area (Å²) in [6.07, 6.45) is 2.73. The molecule has 0 saturated carbocycles. The molecular formula is C15H18BrN3. The molecule has 0 aliphatic rings. The van der Waals surface area contributed by atoms with Crippen molar-refractivity contribution in [3.63, 3.8) is 0 Å². The molecular weight excluding hydrogens is 302 g/mol. The van der Waals surface area contributed by atoms with Crippen molar-refractivity contribution in [2.75, 3.05) is 6.54 Å². The van der Waals surface area contributed by atoms with E-state index in [9.17, 15) is 0 Å². The van der Waals surface area contributed by atoms with Crippen LogP contribution in [0.15, 0.2) is 34.9 Å². The summed E-state index contributed by atoms with van der Waals surface area (Å²) in [7, 11) is 0. The molecule has 100 valence electrons. The average molecular weight is 320 g/mol. The van der Waals surface area contributed by atoms with E-state index in [1.54, 1.807) is 0 Å². The van der Waals surface area contributed by atoms with Gasteiger partial charge in [0.05, 0.1) is 5.69 Å². The minimum atomic E-state index is 0.289. The molecule has 2 N–H and O–H groups in total. The molecule has 0 saturated heterocycles. The van der Waals surface area contributed by atoms with Crippen LogP contribution in [-0.2, 0) is 0 Å². The Morgan fingerprint density at radius 3 is 2.84 bits per heavy atom. The van der Waals surface area contributed by atoms with Crippen LogP contribution >= 0.6 is 15.9 Å². The van der Waals surface area contributed by atoms with Gasteiger partial charge in [-0.15, -0.1) is 0 Å². The molecule has 3 nitrogen and oxygen atoms in total. The van der Waals surface area contributed by atoms with Crippen LogP contribution in [-0.4, -0.2) is 16.5 Å². The fourth-order valence-electron chi connectivity index (χ4n) is 2.01. The highest BCUT2D eigenvalue weighted by molar-refractivity contribution is 9.10. The summed E-state index contributed by atoms with van der Waals surface area (Å²) >= 11 is 3.51. The minimum absolute atomic E-state index is 0.289. The van der Waals surface area contributed by atoms with Crippen LogP contribution in [0.3, 0.4) is 0 Å². The number of aromatic nitrogens is 2. The van der Waals surface area contributed by atoms with E-state index in [1.165, 1.54) is 5.56 Å². The standard InChI is InChI=1S/C15H18BrN3/c1-10-3-4-12(16)9-13(10)14-6-8-18-15(19-14)11(2)5-7-17/h3-4,6,8-9,11H,5,7,17H2,1-2H3. The number of hydrogen-bond acceptors (Lipinski definition) is 3. The van der Waals surface area contributed by atoms with E-state index in [-0.39, 0.29) is 5.92 Å². The number of nitrogens with zero attached hydrogens (tertiary/aromatic N) is 2. The summed E-state index contributed by atoms with van der Waals surface area (Å²) in [4.78, 5) is 9.03. The zero-order chi connectivity index (χ0) is 13.8. The first-order valence-electron chi connectivity index (χ1n) is 6.41. The fraction of sp³-hybridized carbons (Fsp3) is 0.333. The summed E-state index contributed by atoms with van der Waals surface area (Å²) in [5.74, 6) is 1.15. The molecule has 0 aliphatic heterocycles. The third-order valence-corrected chi connectivity index (χ3v) is 3.68. The van der Waals surface area contributed by atoms with E-state index in [2.05, 4.69) is 51.9 Å². The maximum absolute atomic E-state index is 5.60. The van der Waals surface area contributed by atoms with Gasteiger partial charge < -0.3 is 5.73 Å². The topological polar surface area (TPSA) is 51.8 Å². The van der Waals surface area contributed by atoms with Crippen LogP contribution in [0.1, 0.15) is 30.7 Å². The Bertz CT molecular complexity index is 569. The molecule has 0 amide bonds. The van der Waals surface area contributed by atoms with Crippen LogP contribution in [0.25, 0.3) is 11.3 Å². The number of benzene rings is 1. The third kappa shape index (κ3) is 3.39. The van der Waals surface area contributed by atoms with Crippen LogP contribution < -0.4 is 5.73 Å². The number of hydrogen-bond donors (Lipinski definition) is 1. The van der Waals surface area contributed by atoms with Gasteiger partial charge in [0.1, 0.15) is 5.82 Å². The lowest BCUT2D eigenvalue weighted by molar-refractivity contribution is 0.647. The van der Waals surface area contributed by atoms with Crippen molar-refractivity contribution >= 4 is 15.9 Å². The van der Waals surface area contributed by atoms with Crippen LogP contribution in [0.5, 0.6) is 0 Å². The lowest BCUT2D eigenvalue weighted by Crippen LogP contribution is -2.08. The first kappa shape index (κ1) is 14.2. The SMILES string of the molecule is Cc1ccc(Br)cc1-c1ccnc(C(C)CCN)n1. The van der Waals surface area contributed by atoms with Gasteiger partial charge in [-0.25, -0.2) is 9.97 Å². The third-order valence-electron chi connectivity index (χ3n) is 3.19. The molecule has 1 unspecified atom stereocenters. The van der Waals surface area contributed by atoms with Gasteiger partial charge in [0.2, 0.25) is 0 Å². The van der Waals surface area contributed by atoms with Crippen molar-refractivity contribution in [2.45, 2.75) is 26.2 Å². The normalized spacial score (nSPS) is 12.4. The first-order valence-corrected chi connectivity index (χ1v) is 7.20. The van der Waals surface area contributed by atoms with Gasteiger partial charge in [0.15, 0.2) is 0 Å². The second-order valence-corrected chi connectivity index (χ2v) is 5.65. The Morgan fingerprint density at radius 1 is 1.32 bits per heavy atom. The summed E-state index contributed by atoms with van der Waals surface area (Å²) in [5.41, 5.74) is 8.91. The fourth-order valence-corrected chi connectivity index (χ4v) is 2.37. The smallest absolute Gasteiger partial charge is 0.131 e. The predicted octanol–water partition coefficient (Wildman–Crippen LogP) is 3.67. The van der Waals surface area contributed by atoms with E-state index >= 15 is 0 Å². The quantitative estimate of drug-likeness (QED) is 0.935. The molecule has 2 rings (SSSR count). The Kier molecular flexibility index (Phi) is 4.66. The molecule has 2 aromatic rings. The molecule has 1 aromatic carbocycles. The Labute approximate surface area is 122 Å². The molecule has 1 atom stereocenters. The number of rotatable bonds is 4. The zero-order valence-corrected chi connectivity index (χ0v) is 12.8. The van der Waals surface area contributed by atoms with Gasteiger partial charge in [0, 0.05) is 22.2 Å². The Hall–Kier alpha value is -1.26. The maximum atomic E-state index is 5.60. The van der Waals surface area contributed by atoms with Crippen LogP contribution in [0.4, 0.5) is 0 Å². The Morgan fingerprint density at radius 2 is 2.11 bits per heavy atom. The second kappa shape index (κ2) is 6.26. The van der Waals surface area contributed by atoms with Gasteiger partial charge in [0.25, 0.3) is 0 Å². The van der Waals surface area contributed by atoms with Crippen LogP contribution in [0, 0.1) is 6.92 Å². The van der Waals surface area contributed by atoms with Gasteiger partial charge in [-0.3, -0.25) is 0 Å². The molecule has 1 aromatic heterocycles. The number of nitrogens with two attached hydrogens (primary N) is 1. The van der Waals surface area contributed by atoms with Gasteiger partial charge in [-0.05, 0) is 43.7 Å². The van der Waals surface area contributed by atoms with E-state index in [4.69, 9.17) is 5.73 Å². The zero-order valence-electron chi connectivity index (χ0n) is 11.2. The number of halogens is 1. The highest BCUT2D eigenvalue weighted by Gasteiger charge is 2.10. The first-order chi connectivity index (χ1) is 9.11. The highest BCUT2D eigenvalue weighted by atomic mass is 79.9. The van der Waals surface area contributed by atoms with Crippen molar-refractivity contribution in [1.29, 1.82) is 0 Å². The van der Waals surface area contributed by atoms with E-state index in [0.29, 0.717) is 6.54 Å². The monoisotopic (exact) mass is 319 g/mol. The van der Waals surface area contributed by atoms with Gasteiger partial charge in [-0.2, -0.15) is 0 Å². The molecule has 19 heavy (non-hydrogen) atoms. The van der Waals surface area contributed by atoms with Crippen molar-refractivity contribution in [1.82, 2.24) is 9.97 Å². The molecule has 0 spiro atoms. The largest absolute Gasteiger partial charge is 0.330 e. The summed E-state index contributed by atoms with van der Waals surface area (Å²) in [6.45, 7) is 4.86. The van der Waals surface area contributed by atoms with Crippen molar-refractivity contribution in [3.05, 3.63) is 46.3 Å². The lowest BCUT2D eigenvalue weighted by Gasteiger charge is -2.11. The summed E-state index contributed by atoms with van der Waals surface area (Å²) < 4.78 is 1.06. The molecule has 0 fully saturated rings. The summed E-state index contributed by atoms with van der Waals surface area (Å²) in [5, 5.41) is 0. The highest BCUT2D eigenvalue weighted by Crippen LogP contribution is 2.26. The molecule has 0 bridgehead atoms. The van der Waals surface area contributed by atoms with E-state index in [1.807, 2.05) is 18.3 Å². The molecule has 1 heterocycles. The van der Waals surface area contributed by atoms with Crippen molar-refractivity contribution < 1.29 is 0 Å². The lowest BCUT2D eigenvalue weighted by atomic mass is 10.0. The van der Waals surface area contributed by atoms with Crippen LogP contribution in [0.2, 0.25) is 0 Å². The maximum Gasteiger partial charge on any atom is 0.131 e. The average Bonchev–Trinajstić information content (AvgIpc) is 2.42. The molecule has 4 heteroatoms. The van der Waals surface area contributed by atoms with Gasteiger partial charge in [-0.1, -0.05) is 28.9 Å². The molecule has 0 radical (unpaired) electrons. The van der Waals surface area contributed by atoms with Crippen molar-refractivity contribution in [2.24, 2.45) is 5.73 Å². The Balaban J connectivity index is 2.40. The minimum Gasteiger partial charge on any atom is -0.330 e. The van der Waals surface area contributed by atoms with Crippen molar-refractivity contribution in [3.8, 4) is 11.3 Å². The predicted molar refractivity (Wildman–Crippen MR) is 82.0 cm³/mol. The summed E-state index contributed by atoms with van der Waals surface area (Å²) in [6, 6.07) is 8.17. The number of aryl methyl sites for hydroxylation is 1. The van der Waals surface area contributed by atoms with Gasteiger partial charge >= 0.3 is 0 Å². The van der Waals surface area contributed by atoms with E-state index < -0.39 is 0 Å². The molecule has 0 aliphatic carbocycles. The van der Waals surface area contributed by atoms with E-state index in [0.717, 1.165) is 28.0 Å².